The van der Waals surface area contributed by atoms with E-state index in [1.165, 1.54) is 19.2 Å². The molecule has 0 aliphatic heterocycles. The van der Waals surface area contributed by atoms with E-state index in [2.05, 4.69) is 0 Å². The van der Waals surface area contributed by atoms with Gasteiger partial charge in [0, 0.05) is 11.6 Å². The van der Waals surface area contributed by atoms with Crippen LogP contribution in [0.4, 0.5) is 0 Å². The van der Waals surface area contributed by atoms with E-state index in [4.69, 9.17) is 16.3 Å². The van der Waals surface area contributed by atoms with Crippen molar-refractivity contribution in [3.8, 4) is 11.5 Å². The first kappa shape index (κ1) is 12.5. The third kappa shape index (κ3) is 2.31. The Kier molecular flexibility index (Phi) is 3.53. The molecule has 18 heavy (non-hydrogen) atoms. The quantitative estimate of drug-likeness (QED) is 0.864. The minimum atomic E-state index is -0.319. The van der Waals surface area contributed by atoms with Gasteiger partial charge in [0.15, 0.2) is 5.78 Å². The Morgan fingerprint density at radius 2 is 1.89 bits per heavy atom. The summed E-state index contributed by atoms with van der Waals surface area (Å²) < 4.78 is 4.96. The molecule has 0 aromatic heterocycles. The van der Waals surface area contributed by atoms with Crippen molar-refractivity contribution in [2.45, 2.75) is 0 Å². The summed E-state index contributed by atoms with van der Waals surface area (Å²) in [5, 5.41) is 10.0. The highest BCUT2D eigenvalue weighted by atomic mass is 35.5. The molecule has 0 fully saturated rings. The van der Waals surface area contributed by atoms with Gasteiger partial charge < -0.3 is 9.84 Å². The molecule has 0 unspecified atom stereocenters. The van der Waals surface area contributed by atoms with Gasteiger partial charge in [0.05, 0.1) is 17.7 Å². The molecule has 2 rings (SSSR count). The topological polar surface area (TPSA) is 46.5 Å². The SMILES string of the molecule is COc1cc(O)c(C(=O)c2ccccc2)c(Cl)c1. The Balaban J connectivity index is 2.49. The normalized spacial score (nSPS) is 10.1. The van der Waals surface area contributed by atoms with Gasteiger partial charge in [-0.05, 0) is 6.07 Å². The minimum Gasteiger partial charge on any atom is -0.507 e. The second-order valence-electron chi connectivity index (χ2n) is 3.70. The van der Waals surface area contributed by atoms with E-state index in [9.17, 15) is 9.90 Å². The van der Waals surface area contributed by atoms with Gasteiger partial charge in [-0.3, -0.25) is 4.79 Å². The minimum absolute atomic E-state index is 0.0867. The number of aromatic hydroxyl groups is 1. The molecule has 1 N–H and O–H groups in total. The lowest BCUT2D eigenvalue weighted by molar-refractivity contribution is 0.103. The van der Waals surface area contributed by atoms with E-state index in [0.717, 1.165) is 0 Å². The van der Waals surface area contributed by atoms with Crippen LogP contribution in [0.25, 0.3) is 0 Å². The highest BCUT2D eigenvalue weighted by Gasteiger charge is 2.18. The second kappa shape index (κ2) is 5.10. The van der Waals surface area contributed by atoms with Crippen LogP contribution in [0.3, 0.4) is 0 Å². The number of rotatable bonds is 3. The van der Waals surface area contributed by atoms with Crippen molar-refractivity contribution in [3.63, 3.8) is 0 Å². The van der Waals surface area contributed by atoms with E-state index < -0.39 is 0 Å². The number of carbonyl (C=O) groups excluding carboxylic acids is 1. The third-order valence-corrected chi connectivity index (χ3v) is 2.84. The molecule has 0 saturated carbocycles. The monoisotopic (exact) mass is 262 g/mol. The maximum atomic E-state index is 12.2. The molecule has 0 bridgehead atoms. The van der Waals surface area contributed by atoms with Gasteiger partial charge >= 0.3 is 0 Å². The van der Waals surface area contributed by atoms with Crippen LogP contribution in [0.15, 0.2) is 42.5 Å². The van der Waals surface area contributed by atoms with Crippen LogP contribution in [0.2, 0.25) is 5.02 Å². The van der Waals surface area contributed by atoms with Gasteiger partial charge in [0.1, 0.15) is 11.5 Å². The summed E-state index contributed by atoms with van der Waals surface area (Å²) in [7, 11) is 1.46. The number of phenolic OH excluding ortho intramolecular Hbond substituents is 1. The Hall–Kier alpha value is -2.00. The molecule has 0 aliphatic rings. The average molecular weight is 263 g/mol. The van der Waals surface area contributed by atoms with Crippen molar-refractivity contribution in [1.82, 2.24) is 0 Å². The van der Waals surface area contributed by atoms with Crippen molar-refractivity contribution < 1.29 is 14.6 Å². The van der Waals surface area contributed by atoms with Gasteiger partial charge in [0.2, 0.25) is 0 Å². The van der Waals surface area contributed by atoms with E-state index in [1.807, 2.05) is 6.07 Å². The van der Waals surface area contributed by atoms with Crippen LogP contribution in [-0.4, -0.2) is 18.0 Å². The first-order valence-electron chi connectivity index (χ1n) is 5.29. The summed E-state index contributed by atoms with van der Waals surface area (Å²) in [5.41, 5.74) is 0.559. The Labute approximate surface area is 110 Å². The zero-order valence-corrected chi connectivity index (χ0v) is 10.4. The summed E-state index contributed by atoms with van der Waals surface area (Å²) in [6.07, 6.45) is 0. The number of carbonyl (C=O) groups is 1. The van der Waals surface area contributed by atoms with Crippen molar-refractivity contribution in [3.05, 3.63) is 58.6 Å². The Morgan fingerprint density at radius 3 is 2.44 bits per heavy atom. The number of ketones is 1. The molecule has 4 heteroatoms. The largest absolute Gasteiger partial charge is 0.507 e. The molecule has 3 nitrogen and oxygen atoms in total. The van der Waals surface area contributed by atoms with Crippen LogP contribution in [0.5, 0.6) is 11.5 Å². The van der Waals surface area contributed by atoms with Crippen molar-refractivity contribution in [2.24, 2.45) is 0 Å². The van der Waals surface area contributed by atoms with Crippen molar-refractivity contribution in [2.75, 3.05) is 7.11 Å². The number of ether oxygens (including phenoxy) is 1. The summed E-state index contributed by atoms with van der Waals surface area (Å²) in [6.45, 7) is 0. The molecule has 0 amide bonds. The number of methoxy groups -OCH3 is 1. The average Bonchev–Trinajstić information content (AvgIpc) is 2.38. The fraction of sp³-hybridized carbons (Fsp3) is 0.0714. The van der Waals surface area contributed by atoms with Gasteiger partial charge in [-0.25, -0.2) is 0 Å². The Morgan fingerprint density at radius 1 is 1.22 bits per heavy atom. The van der Waals surface area contributed by atoms with E-state index in [-0.39, 0.29) is 22.1 Å². The Bertz CT molecular complexity index is 556. The summed E-state index contributed by atoms with van der Waals surface area (Å²) >= 11 is 6.00. The van der Waals surface area contributed by atoms with Crippen LogP contribution >= 0.6 is 11.6 Å². The maximum absolute atomic E-state index is 12.2. The first-order valence-corrected chi connectivity index (χ1v) is 5.67. The lowest BCUT2D eigenvalue weighted by Gasteiger charge is -2.08. The van der Waals surface area contributed by atoms with Crippen LogP contribution < -0.4 is 4.74 Å². The molecule has 0 radical (unpaired) electrons. The molecule has 0 spiro atoms. The smallest absolute Gasteiger partial charge is 0.198 e. The standard InChI is InChI=1S/C14H11ClO3/c1-18-10-7-11(15)13(12(16)8-10)14(17)9-5-3-2-4-6-9/h2-8,16H,1H3. The molecular formula is C14H11ClO3. The number of halogens is 1. The summed E-state index contributed by atoms with van der Waals surface area (Å²) in [4.78, 5) is 12.2. The molecule has 0 heterocycles. The van der Waals surface area contributed by atoms with Gasteiger partial charge in [-0.2, -0.15) is 0 Å². The van der Waals surface area contributed by atoms with Crippen LogP contribution in [0.1, 0.15) is 15.9 Å². The molecule has 92 valence electrons. The molecule has 0 saturated heterocycles. The van der Waals surface area contributed by atoms with Crippen LogP contribution in [-0.2, 0) is 0 Å². The molecule has 2 aromatic rings. The van der Waals surface area contributed by atoms with E-state index >= 15 is 0 Å². The molecular weight excluding hydrogens is 252 g/mol. The van der Waals surface area contributed by atoms with Crippen molar-refractivity contribution in [1.29, 1.82) is 0 Å². The van der Waals surface area contributed by atoms with Gasteiger partial charge in [0.25, 0.3) is 0 Å². The lowest BCUT2D eigenvalue weighted by atomic mass is 10.0. The highest BCUT2D eigenvalue weighted by molar-refractivity contribution is 6.35. The molecule has 2 aromatic carbocycles. The number of hydrogen-bond donors (Lipinski definition) is 1. The summed E-state index contributed by atoms with van der Waals surface area (Å²) in [6, 6.07) is 11.5. The number of hydrogen-bond acceptors (Lipinski definition) is 3. The van der Waals surface area contributed by atoms with Crippen LogP contribution in [0, 0.1) is 0 Å². The predicted octanol–water partition coefficient (Wildman–Crippen LogP) is 3.29. The summed E-state index contributed by atoms with van der Waals surface area (Å²) in [5.74, 6) is -0.101. The second-order valence-corrected chi connectivity index (χ2v) is 4.11. The fourth-order valence-electron chi connectivity index (χ4n) is 1.64. The zero-order chi connectivity index (χ0) is 13.1. The third-order valence-electron chi connectivity index (χ3n) is 2.54. The first-order chi connectivity index (χ1) is 8.63. The van der Waals surface area contributed by atoms with Gasteiger partial charge in [-0.15, -0.1) is 0 Å². The molecule has 0 atom stereocenters. The fourth-order valence-corrected chi connectivity index (χ4v) is 1.93. The van der Waals surface area contributed by atoms with Gasteiger partial charge in [-0.1, -0.05) is 41.9 Å². The van der Waals surface area contributed by atoms with E-state index in [0.29, 0.717) is 11.3 Å². The maximum Gasteiger partial charge on any atom is 0.198 e. The number of benzene rings is 2. The zero-order valence-electron chi connectivity index (χ0n) is 9.68. The number of phenols is 1. The predicted molar refractivity (Wildman–Crippen MR) is 69.5 cm³/mol. The lowest BCUT2D eigenvalue weighted by Crippen LogP contribution is -2.02. The van der Waals surface area contributed by atoms with Crippen molar-refractivity contribution >= 4 is 17.4 Å². The molecule has 0 aliphatic carbocycles. The highest BCUT2D eigenvalue weighted by Crippen LogP contribution is 2.32. The van der Waals surface area contributed by atoms with E-state index in [1.54, 1.807) is 24.3 Å².